The lowest BCUT2D eigenvalue weighted by Crippen LogP contribution is -2.34. The molecule has 2 aromatic heterocycles. The van der Waals surface area contributed by atoms with Crippen LogP contribution < -0.4 is 5.32 Å². The first-order chi connectivity index (χ1) is 10.9. The van der Waals surface area contributed by atoms with E-state index in [1.807, 2.05) is 13.8 Å². The van der Waals surface area contributed by atoms with Crippen LogP contribution in [0.15, 0.2) is 6.33 Å². The van der Waals surface area contributed by atoms with Crippen LogP contribution >= 0.6 is 11.3 Å². The molecule has 2 aromatic rings. The standard InChI is InChI=1S/C15H19N3O4S/c1-5-22-15(21)11-8(4)9-12(16-6-17-13(9)23-11)18-10(7(2)3)14(19)20/h6-7,10H,5H2,1-4H3,(H,19,20)(H,16,17,18)/t10-/m0/s1. The molecule has 0 aromatic carbocycles. The van der Waals surface area contributed by atoms with Crippen LogP contribution in [0.4, 0.5) is 5.82 Å². The predicted molar refractivity (Wildman–Crippen MR) is 88.0 cm³/mol. The minimum atomic E-state index is -0.953. The van der Waals surface area contributed by atoms with E-state index in [1.165, 1.54) is 17.7 Å². The molecular formula is C15H19N3O4S. The highest BCUT2D eigenvalue weighted by Gasteiger charge is 2.25. The molecule has 2 heterocycles. The number of carboxylic acid groups (broad SMARTS) is 1. The van der Waals surface area contributed by atoms with Crippen LogP contribution in [0.5, 0.6) is 0 Å². The number of hydrogen-bond acceptors (Lipinski definition) is 7. The summed E-state index contributed by atoms with van der Waals surface area (Å²) < 4.78 is 5.04. The second-order valence-corrected chi connectivity index (χ2v) is 6.38. The molecule has 2 rings (SSSR count). The van der Waals surface area contributed by atoms with Crippen LogP contribution in [0.3, 0.4) is 0 Å². The van der Waals surface area contributed by atoms with E-state index in [0.29, 0.717) is 26.5 Å². The number of carbonyl (C=O) groups is 2. The number of carboxylic acids is 1. The van der Waals surface area contributed by atoms with Gasteiger partial charge in [0.25, 0.3) is 0 Å². The number of esters is 1. The van der Waals surface area contributed by atoms with Gasteiger partial charge in [-0.25, -0.2) is 19.6 Å². The zero-order valence-electron chi connectivity index (χ0n) is 13.4. The third-order valence-electron chi connectivity index (χ3n) is 3.41. The first-order valence-electron chi connectivity index (χ1n) is 7.27. The summed E-state index contributed by atoms with van der Waals surface area (Å²) in [6.45, 7) is 7.44. The van der Waals surface area contributed by atoms with Crippen molar-refractivity contribution < 1.29 is 19.4 Å². The van der Waals surface area contributed by atoms with E-state index in [2.05, 4.69) is 15.3 Å². The van der Waals surface area contributed by atoms with Crippen molar-refractivity contribution in [2.24, 2.45) is 5.92 Å². The average Bonchev–Trinajstić information content (AvgIpc) is 2.82. The fraction of sp³-hybridized carbons (Fsp3) is 0.467. The molecule has 0 radical (unpaired) electrons. The molecule has 0 amide bonds. The van der Waals surface area contributed by atoms with E-state index in [4.69, 9.17) is 4.74 Å². The minimum absolute atomic E-state index is 0.124. The number of nitrogens with one attached hydrogen (secondary N) is 1. The number of fused-ring (bicyclic) bond motifs is 1. The maximum atomic E-state index is 12.0. The zero-order chi connectivity index (χ0) is 17.1. The Balaban J connectivity index is 2.49. The lowest BCUT2D eigenvalue weighted by Gasteiger charge is -2.19. The van der Waals surface area contributed by atoms with Crippen LogP contribution in [0, 0.1) is 12.8 Å². The van der Waals surface area contributed by atoms with Crippen LogP contribution in [0.25, 0.3) is 10.2 Å². The summed E-state index contributed by atoms with van der Waals surface area (Å²) in [4.78, 5) is 32.8. The van der Waals surface area contributed by atoms with Gasteiger partial charge in [0.1, 0.15) is 27.9 Å². The quantitative estimate of drug-likeness (QED) is 0.781. The van der Waals surface area contributed by atoms with Crippen LogP contribution in [0.2, 0.25) is 0 Å². The van der Waals surface area contributed by atoms with Gasteiger partial charge in [-0.3, -0.25) is 0 Å². The van der Waals surface area contributed by atoms with E-state index < -0.39 is 18.0 Å². The number of aromatic nitrogens is 2. The molecule has 0 unspecified atom stereocenters. The molecule has 0 saturated carbocycles. The Hall–Kier alpha value is -2.22. The fourth-order valence-corrected chi connectivity index (χ4v) is 3.28. The molecule has 1 atom stereocenters. The third-order valence-corrected chi connectivity index (χ3v) is 4.59. The summed E-state index contributed by atoms with van der Waals surface area (Å²) >= 11 is 1.22. The van der Waals surface area contributed by atoms with Gasteiger partial charge in [0.2, 0.25) is 0 Å². The summed E-state index contributed by atoms with van der Waals surface area (Å²) in [6, 6.07) is -0.779. The topological polar surface area (TPSA) is 101 Å². The number of aliphatic carboxylic acids is 1. The van der Waals surface area contributed by atoms with Gasteiger partial charge in [-0.2, -0.15) is 0 Å². The normalized spacial score (nSPS) is 12.4. The highest BCUT2D eigenvalue weighted by atomic mass is 32.1. The Labute approximate surface area is 137 Å². The van der Waals surface area contributed by atoms with Crippen molar-refractivity contribution in [3.8, 4) is 0 Å². The number of aryl methyl sites for hydroxylation is 1. The third kappa shape index (κ3) is 3.42. The van der Waals surface area contributed by atoms with Crippen LogP contribution in [-0.2, 0) is 9.53 Å². The summed E-state index contributed by atoms with van der Waals surface area (Å²) in [5, 5.41) is 12.9. The number of thiophene rings is 1. The number of rotatable bonds is 6. The predicted octanol–water partition coefficient (Wildman–Crippen LogP) is 2.70. The first kappa shape index (κ1) is 17.1. The Morgan fingerprint density at radius 2 is 2.09 bits per heavy atom. The molecule has 8 heteroatoms. The lowest BCUT2D eigenvalue weighted by atomic mass is 10.0. The van der Waals surface area contributed by atoms with Gasteiger partial charge in [0.15, 0.2) is 0 Å². The van der Waals surface area contributed by atoms with Crippen LogP contribution in [0.1, 0.15) is 36.0 Å². The van der Waals surface area contributed by atoms with E-state index in [0.717, 1.165) is 0 Å². The number of nitrogens with zero attached hydrogens (tertiary/aromatic N) is 2. The number of ether oxygens (including phenoxy) is 1. The highest BCUT2D eigenvalue weighted by Crippen LogP contribution is 2.34. The largest absolute Gasteiger partial charge is 0.480 e. The lowest BCUT2D eigenvalue weighted by molar-refractivity contribution is -0.138. The van der Waals surface area contributed by atoms with Crippen molar-refractivity contribution in [3.63, 3.8) is 0 Å². The maximum Gasteiger partial charge on any atom is 0.348 e. The van der Waals surface area contributed by atoms with Crippen molar-refractivity contribution in [1.29, 1.82) is 0 Å². The van der Waals surface area contributed by atoms with Crippen molar-refractivity contribution in [1.82, 2.24) is 9.97 Å². The Morgan fingerprint density at radius 1 is 1.39 bits per heavy atom. The molecule has 2 N–H and O–H groups in total. The molecule has 0 bridgehead atoms. The number of anilines is 1. The monoisotopic (exact) mass is 337 g/mol. The molecule has 0 aliphatic carbocycles. The van der Waals surface area contributed by atoms with Crippen molar-refractivity contribution in [2.45, 2.75) is 33.7 Å². The molecular weight excluding hydrogens is 318 g/mol. The second kappa shape index (κ2) is 6.91. The Morgan fingerprint density at radius 3 is 2.65 bits per heavy atom. The van der Waals surface area contributed by atoms with Gasteiger partial charge in [-0.15, -0.1) is 11.3 Å². The van der Waals surface area contributed by atoms with Gasteiger partial charge in [0, 0.05) is 0 Å². The molecule has 0 aliphatic rings. The number of carbonyl (C=O) groups excluding carboxylic acids is 1. The molecule has 0 aliphatic heterocycles. The smallest absolute Gasteiger partial charge is 0.348 e. The van der Waals surface area contributed by atoms with Crippen molar-refractivity contribution >= 4 is 39.3 Å². The molecule has 0 saturated heterocycles. The van der Waals surface area contributed by atoms with Gasteiger partial charge in [0.05, 0.1) is 12.0 Å². The average molecular weight is 337 g/mol. The van der Waals surface area contributed by atoms with E-state index in [1.54, 1.807) is 13.8 Å². The maximum absolute atomic E-state index is 12.0. The first-order valence-corrected chi connectivity index (χ1v) is 8.09. The highest BCUT2D eigenvalue weighted by molar-refractivity contribution is 7.20. The van der Waals surface area contributed by atoms with E-state index >= 15 is 0 Å². The minimum Gasteiger partial charge on any atom is -0.480 e. The van der Waals surface area contributed by atoms with Crippen molar-refractivity contribution in [2.75, 3.05) is 11.9 Å². The summed E-state index contributed by atoms with van der Waals surface area (Å²) in [5.41, 5.74) is 0.694. The summed E-state index contributed by atoms with van der Waals surface area (Å²) in [5.74, 6) is -1.07. The van der Waals surface area contributed by atoms with Gasteiger partial charge < -0.3 is 15.2 Å². The number of hydrogen-bond donors (Lipinski definition) is 2. The van der Waals surface area contributed by atoms with Crippen molar-refractivity contribution in [3.05, 3.63) is 16.8 Å². The Kier molecular flexibility index (Phi) is 5.15. The second-order valence-electron chi connectivity index (χ2n) is 5.38. The molecule has 0 fully saturated rings. The van der Waals surface area contributed by atoms with Gasteiger partial charge >= 0.3 is 11.9 Å². The molecule has 124 valence electrons. The fourth-order valence-electron chi connectivity index (χ4n) is 2.23. The SMILES string of the molecule is CCOC(=O)c1sc2ncnc(N[C@H](C(=O)O)C(C)C)c2c1C. The zero-order valence-corrected chi connectivity index (χ0v) is 14.2. The molecule has 0 spiro atoms. The Bertz CT molecular complexity index is 742. The van der Waals surface area contributed by atoms with E-state index in [9.17, 15) is 14.7 Å². The van der Waals surface area contributed by atoms with Gasteiger partial charge in [-0.05, 0) is 25.3 Å². The summed E-state index contributed by atoms with van der Waals surface area (Å²) in [7, 11) is 0. The van der Waals surface area contributed by atoms with Gasteiger partial charge in [-0.1, -0.05) is 13.8 Å². The summed E-state index contributed by atoms with van der Waals surface area (Å²) in [6.07, 6.45) is 1.36. The van der Waals surface area contributed by atoms with E-state index in [-0.39, 0.29) is 12.5 Å². The van der Waals surface area contributed by atoms with Crippen LogP contribution in [-0.4, -0.2) is 39.7 Å². The molecule has 7 nitrogen and oxygen atoms in total. The molecule has 23 heavy (non-hydrogen) atoms.